The molecular formula is C5H10O3S. The Balaban J connectivity index is 3.16. The van der Waals surface area contributed by atoms with Gasteiger partial charge in [-0.05, 0) is 12.7 Å². The molecule has 0 fully saturated rings. The highest BCUT2D eigenvalue weighted by Gasteiger charge is 2.03. The third kappa shape index (κ3) is 5.65. The molecule has 4 heteroatoms. The van der Waals surface area contributed by atoms with Crippen molar-refractivity contribution in [3.8, 4) is 0 Å². The molecule has 54 valence electrons. The highest BCUT2D eigenvalue weighted by atomic mass is 32.2. The van der Waals surface area contributed by atoms with Crippen LogP contribution in [0.15, 0.2) is 0 Å². The van der Waals surface area contributed by atoms with Crippen molar-refractivity contribution in [2.45, 2.75) is 18.3 Å². The van der Waals surface area contributed by atoms with E-state index in [9.17, 15) is 4.79 Å². The maximum absolute atomic E-state index is 9.90. The van der Waals surface area contributed by atoms with Crippen molar-refractivity contribution in [2.75, 3.05) is 6.26 Å². The van der Waals surface area contributed by atoms with Crippen LogP contribution >= 0.6 is 11.8 Å². The molecule has 2 N–H and O–H groups in total. The zero-order valence-corrected chi connectivity index (χ0v) is 6.02. The van der Waals surface area contributed by atoms with Crippen molar-refractivity contribution in [2.24, 2.45) is 0 Å². The van der Waals surface area contributed by atoms with Crippen molar-refractivity contribution in [1.29, 1.82) is 0 Å². The van der Waals surface area contributed by atoms with Crippen molar-refractivity contribution in [1.82, 2.24) is 0 Å². The fraction of sp³-hybridized carbons (Fsp3) is 0.800. The lowest BCUT2D eigenvalue weighted by Crippen LogP contribution is -2.03. The predicted molar refractivity (Wildman–Crippen MR) is 36.4 cm³/mol. The molecular weight excluding hydrogens is 140 g/mol. The lowest BCUT2D eigenvalue weighted by molar-refractivity contribution is -0.137. The van der Waals surface area contributed by atoms with Gasteiger partial charge in [-0.15, -0.1) is 11.8 Å². The van der Waals surface area contributed by atoms with E-state index in [4.69, 9.17) is 10.2 Å². The van der Waals surface area contributed by atoms with Crippen LogP contribution in [0.2, 0.25) is 0 Å². The van der Waals surface area contributed by atoms with Crippen LogP contribution in [0.4, 0.5) is 0 Å². The van der Waals surface area contributed by atoms with Gasteiger partial charge in [-0.25, -0.2) is 0 Å². The Morgan fingerprint density at radius 2 is 2.33 bits per heavy atom. The molecule has 1 atom stereocenters. The van der Waals surface area contributed by atoms with Crippen LogP contribution in [-0.4, -0.2) is 27.9 Å². The number of aliphatic hydroxyl groups excluding tert-OH is 1. The Kier molecular flexibility index (Phi) is 4.53. The number of rotatable bonds is 4. The first-order valence-electron chi connectivity index (χ1n) is 2.59. The van der Waals surface area contributed by atoms with E-state index < -0.39 is 11.4 Å². The number of aliphatic hydroxyl groups is 1. The van der Waals surface area contributed by atoms with Crippen LogP contribution in [0.25, 0.3) is 0 Å². The largest absolute Gasteiger partial charge is 0.481 e. The summed E-state index contributed by atoms with van der Waals surface area (Å²) in [6.45, 7) is 0. The van der Waals surface area contributed by atoms with E-state index in [1.807, 2.05) is 0 Å². The Morgan fingerprint density at radius 3 is 2.67 bits per heavy atom. The smallest absolute Gasteiger partial charge is 0.303 e. The Bertz CT molecular complexity index is 94.2. The second-order valence-corrected chi connectivity index (χ2v) is 2.64. The molecule has 0 aromatic rings. The molecule has 0 saturated carbocycles. The maximum Gasteiger partial charge on any atom is 0.303 e. The summed E-state index contributed by atoms with van der Waals surface area (Å²) in [6.07, 6.45) is 2.12. The molecule has 0 aliphatic rings. The first kappa shape index (κ1) is 8.78. The molecule has 1 unspecified atom stereocenters. The fourth-order valence-corrected chi connectivity index (χ4v) is 0.718. The van der Waals surface area contributed by atoms with E-state index >= 15 is 0 Å². The fourth-order valence-electron chi connectivity index (χ4n) is 0.365. The summed E-state index contributed by atoms with van der Waals surface area (Å²) in [5, 5.41) is 16.9. The van der Waals surface area contributed by atoms with Gasteiger partial charge in [0.1, 0.15) is 0 Å². The molecule has 0 aromatic carbocycles. The summed E-state index contributed by atoms with van der Waals surface area (Å²) < 4.78 is 0. The molecule has 0 bridgehead atoms. The first-order valence-corrected chi connectivity index (χ1v) is 3.88. The average molecular weight is 150 g/mol. The second kappa shape index (κ2) is 4.64. The summed E-state index contributed by atoms with van der Waals surface area (Å²) in [5.41, 5.74) is -0.527. The van der Waals surface area contributed by atoms with Gasteiger partial charge in [0.15, 0.2) is 0 Å². The number of thioether (sulfide) groups is 1. The highest BCUT2D eigenvalue weighted by molar-refractivity contribution is 7.99. The van der Waals surface area contributed by atoms with Gasteiger partial charge in [-0.3, -0.25) is 4.79 Å². The minimum absolute atomic E-state index is 0.0437. The van der Waals surface area contributed by atoms with Crippen LogP contribution < -0.4 is 0 Å². The standard InChI is InChI=1S/C5H10O3S/c1-9-5(8)3-2-4(6)7/h5,8H,2-3H2,1H3,(H,6,7). The molecule has 0 rings (SSSR count). The van der Waals surface area contributed by atoms with Crippen LogP contribution in [0.5, 0.6) is 0 Å². The summed E-state index contributed by atoms with van der Waals surface area (Å²) in [4.78, 5) is 9.90. The number of carboxylic acid groups (broad SMARTS) is 1. The van der Waals surface area contributed by atoms with Gasteiger partial charge >= 0.3 is 5.97 Å². The van der Waals surface area contributed by atoms with Gasteiger partial charge in [-0.1, -0.05) is 0 Å². The van der Waals surface area contributed by atoms with Gasteiger partial charge in [0.05, 0.1) is 5.44 Å². The van der Waals surface area contributed by atoms with E-state index in [0.717, 1.165) is 0 Å². The van der Waals surface area contributed by atoms with E-state index in [1.165, 1.54) is 11.8 Å². The zero-order chi connectivity index (χ0) is 7.28. The van der Waals surface area contributed by atoms with Crippen molar-refractivity contribution in [3.63, 3.8) is 0 Å². The minimum atomic E-state index is -0.858. The minimum Gasteiger partial charge on any atom is -0.481 e. The van der Waals surface area contributed by atoms with Crippen molar-refractivity contribution in [3.05, 3.63) is 0 Å². The van der Waals surface area contributed by atoms with E-state index in [-0.39, 0.29) is 6.42 Å². The van der Waals surface area contributed by atoms with Crippen molar-refractivity contribution >= 4 is 17.7 Å². The molecule has 0 aliphatic heterocycles. The average Bonchev–Trinajstić information content (AvgIpc) is 1.83. The second-order valence-electron chi connectivity index (χ2n) is 1.62. The number of carboxylic acids is 1. The van der Waals surface area contributed by atoms with Gasteiger partial charge in [0, 0.05) is 6.42 Å². The van der Waals surface area contributed by atoms with Gasteiger partial charge < -0.3 is 10.2 Å². The lowest BCUT2D eigenvalue weighted by atomic mass is 10.3. The predicted octanol–water partition coefficient (Wildman–Crippen LogP) is 0.533. The van der Waals surface area contributed by atoms with Crippen LogP contribution in [0, 0.1) is 0 Å². The van der Waals surface area contributed by atoms with Gasteiger partial charge in [0.25, 0.3) is 0 Å². The number of hydrogen-bond acceptors (Lipinski definition) is 3. The van der Waals surface area contributed by atoms with Crippen molar-refractivity contribution < 1.29 is 15.0 Å². The molecule has 3 nitrogen and oxygen atoms in total. The third-order valence-corrected chi connectivity index (χ3v) is 1.66. The van der Waals surface area contributed by atoms with Crippen LogP contribution in [0.3, 0.4) is 0 Å². The Hall–Kier alpha value is -0.220. The van der Waals surface area contributed by atoms with E-state index in [0.29, 0.717) is 6.42 Å². The molecule has 0 spiro atoms. The maximum atomic E-state index is 9.90. The van der Waals surface area contributed by atoms with Crippen LogP contribution in [0.1, 0.15) is 12.8 Å². The molecule has 0 radical (unpaired) electrons. The van der Waals surface area contributed by atoms with E-state index in [2.05, 4.69) is 0 Å². The summed E-state index contributed by atoms with van der Waals surface area (Å²) in [5.74, 6) is -0.858. The topological polar surface area (TPSA) is 57.5 Å². The SMILES string of the molecule is CSC(O)CCC(=O)O. The molecule has 0 amide bonds. The molecule has 0 aliphatic carbocycles. The molecule has 0 saturated heterocycles. The monoisotopic (exact) mass is 150 g/mol. The molecule has 0 aromatic heterocycles. The van der Waals surface area contributed by atoms with Gasteiger partial charge in [0.2, 0.25) is 0 Å². The summed E-state index contributed by atoms with van der Waals surface area (Å²) >= 11 is 1.26. The molecule has 9 heavy (non-hydrogen) atoms. The Morgan fingerprint density at radius 1 is 1.78 bits per heavy atom. The number of hydrogen-bond donors (Lipinski definition) is 2. The molecule has 0 heterocycles. The van der Waals surface area contributed by atoms with E-state index in [1.54, 1.807) is 6.26 Å². The lowest BCUT2D eigenvalue weighted by Gasteiger charge is -2.02. The highest BCUT2D eigenvalue weighted by Crippen LogP contribution is 2.08. The van der Waals surface area contributed by atoms with Crippen LogP contribution in [-0.2, 0) is 4.79 Å². The quantitative estimate of drug-likeness (QED) is 0.574. The summed E-state index contributed by atoms with van der Waals surface area (Å²) in [7, 11) is 0. The zero-order valence-electron chi connectivity index (χ0n) is 5.20. The van der Waals surface area contributed by atoms with Gasteiger partial charge in [-0.2, -0.15) is 0 Å². The first-order chi connectivity index (χ1) is 4.16. The normalized spacial score (nSPS) is 13.1. The third-order valence-electron chi connectivity index (χ3n) is 0.877. The number of aliphatic carboxylic acids is 1. The summed E-state index contributed by atoms with van der Waals surface area (Å²) in [6, 6.07) is 0. The number of carbonyl (C=O) groups is 1. The Labute approximate surface area is 58.1 Å².